The Kier molecular flexibility index (Phi) is 6.12. The third-order valence-electron chi connectivity index (χ3n) is 3.55. The molecule has 0 aliphatic carbocycles. The van der Waals surface area contributed by atoms with Crippen LogP contribution in [0, 0.1) is 5.92 Å². The van der Waals surface area contributed by atoms with Crippen LogP contribution in [-0.2, 0) is 9.59 Å². The predicted octanol–water partition coefficient (Wildman–Crippen LogP) is 1.09. The molecule has 5 heteroatoms. The van der Waals surface area contributed by atoms with Gasteiger partial charge < -0.3 is 15.3 Å². The van der Waals surface area contributed by atoms with Crippen molar-refractivity contribution in [2.45, 2.75) is 45.6 Å². The Labute approximate surface area is 109 Å². The number of nitrogens with one attached hydrogen (secondary N) is 1. The number of aliphatic carboxylic acids is 1. The summed E-state index contributed by atoms with van der Waals surface area (Å²) in [5.74, 6) is -0.568. The van der Waals surface area contributed by atoms with E-state index in [-0.39, 0.29) is 18.2 Å². The molecule has 2 N–H and O–H groups in total. The van der Waals surface area contributed by atoms with Crippen molar-refractivity contribution in [1.29, 1.82) is 0 Å². The lowest BCUT2D eigenvalue weighted by molar-refractivity contribution is -0.140. The van der Waals surface area contributed by atoms with Crippen molar-refractivity contribution < 1.29 is 14.7 Å². The van der Waals surface area contributed by atoms with Crippen molar-refractivity contribution in [3.05, 3.63) is 0 Å². The van der Waals surface area contributed by atoms with Crippen LogP contribution < -0.4 is 5.32 Å². The molecule has 2 atom stereocenters. The average molecular weight is 256 g/mol. The van der Waals surface area contributed by atoms with Gasteiger partial charge in [-0.05, 0) is 32.1 Å². The lowest BCUT2D eigenvalue weighted by atomic mass is 9.95. The molecule has 2 unspecified atom stereocenters. The summed E-state index contributed by atoms with van der Waals surface area (Å²) in [6, 6.07) is 0.341. The second-order valence-corrected chi connectivity index (χ2v) is 5.14. The van der Waals surface area contributed by atoms with E-state index in [1.807, 2.05) is 0 Å². The number of likely N-dealkylation sites (tertiary alicyclic amines) is 1. The van der Waals surface area contributed by atoms with E-state index < -0.39 is 5.97 Å². The zero-order valence-corrected chi connectivity index (χ0v) is 11.3. The van der Waals surface area contributed by atoms with Crippen LogP contribution in [0.15, 0.2) is 0 Å². The highest BCUT2D eigenvalue weighted by atomic mass is 16.4. The highest BCUT2D eigenvalue weighted by molar-refractivity contribution is 5.78. The summed E-state index contributed by atoms with van der Waals surface area (Å²) in [5, 5.41) is 12.0. The number of hydrogen-bond donors (Lipinski definition) is 2. The summed E-state index contributed by atoms with van der Waals surface area (Å²) in [6.45, 7) is 5.84. The van der Waals surface area contributed by atoms with Crippen LogP contribution in [0.5, 0.6) is 0 Å². The number of carbonyl (C=O) groups is 2. The quantitative estimate of drug-likeness (QED) is 0.746. The van der Waals surface area contributed by atoms with E-state index in [4.69, 9.17) is 5.11 Å². The average Bonchev–Trinajstić information content (AvgIpc) is 2.35. The maximum Gasteiger partial charge on any atom is 0.303 e. The number of rotatable bonds is 6. The van der Waals surface area contributed by atoms with Gasteiger partial charge in [0.15, 0.2) is 0 Å². The smallest absolute Gasteiger partial charge is 0.303 e. The van der Waals surface area contributed by atoms with Crippen molar-refractivity contribution >= 4 is 11.9 Å². The first-order valence-corrected chi connectivity index (χ1v) is 6.75. The molecule has 0 saturated carbocycles. The molecule has 5 nitrogen and oxygen atoms in total. The molecule has 1 fully saturated rings. The van der Waals surface area contributed by atoms with Gasteiger partial charge >= 0.3 is 5.97 Å². The molecule has 0 aromatic rings. The maximum absolute atomic E-state index is 12.0. The minimum atomic E-state index is -0.771. The standard InChI is InChI=1S/C13H24N2O3/c1-3-10(2)14-8-12(16)15-6-4-5-11(9-15)7-13(17)18/h10-11,14H,3-9H2,1-2H3,(H,17,18). The lowest BCUT2D eigenvalue weighted by Crippen LogP contribution is -2.45. The molecular formula is C13H24N2O3. The zero-order valence-electron chi connectivity index (χ0n) is 11.3. The number of piperidine rings is 1. The van der Waals surface area contributed by atoms with Gasteiger partial charge in [-0.2, -0.15) is 0 Å². The number of amides is 1. The van der Waals surface area contributed by atoms with E-state index in [2.05, 4.69) is 19.2 Å². The molecule has 1 heterocycles. The molecule has 1 rings (SSSR count). The van der Waals surface area contributed by atoms with Crippen LogP contribution in [0.1, 0.15) is 39.5 Å². The largest absolute Gasteiger partial charge is 0.481 e. The lowest BCUT2D eigenvalue weighted by Gasteiger charge is -2.32. The topological polar surface area (TPSA) is 69.6 Å². The van der Waals surface area contributed by atoms with Gasteiger partial charge in [-0.15, -0.1) is 0 Å². The molecule has 0 radical (unpaired) electrons. The highest BCUT2D eigenvalue weighted by Gasteiger charge is 2.24. The Balaban J connectivity index is 2.36. The summed E-state index contributed by atoms with van der Waals surface area (Å²) < 4.78 is 0. The summed E-state index contributed by atoms with van der Waals surface area (Å²) >= 11 is 0. The van der Waals surface area contributed by atoms with Crippen LogP contribution in [0.2, 0.25) is 0 Å². The fourth-order valence-electron chi connectivity index (χ4n) is 2.22. The van der Waals surface area contributed by atoms with Gasteiger partial charge in [-0.1, -0.05) is 6.92 Å². The Morgan fingerprint density at radius 3 is 2.83 bits per heavy atom. The van der Waals surface area contributed by atoms with Gasteiger partial charge in [0.1, 0.15) is 0 Å². The van der Waals surface area contributed by atoms with E-state index in [1.165, 1.54) is 0 Å². The van der Waals surface area contributed by atoms with Crippen LogP contribution >= 0.6 is 0 Å². The van der Waals surface area contributed by atoms with Gasteiger partial charge in [0.2, 0.25) is 5.91 Å². The molecule has 1 aliphatic rings. The molecule has 18 heavy (non-hydrogen) atoms. The van der Waals surface area contributed by atoms with E-state index in [9.17, 15) is 9.59 Å². The third kappa shape index (κ3) is 5.04. The number of nitrogens with zero attached hydrogens (tertiary/aromatic N) is 1. The van der Waals surface area contributed by atoms with Crippen molar-refractivity contribution in [3.8, 4) is 0 Å². The van der Waals surface area contributed by atoms with Crippen LogP contribution in [0.4, 0.5) is 0 Å². The van der Waals surface area contributed by atoms with Crippen LogP contribution in [0.3, 0.4) is 0 Å². The molecule has 0 aromatic heterocycles. The zero-order chi connectivity index (χ0) is 13.5. The summed E-state index contributed by atoms with van der Waals surface area (Å²) in [5.41, 5.74) is 0. The number of carbonyl (C=O) groups excluding carboxylic acids is 1. The second kappa shape index (κ2) is 7.36. The van der Waals surface area contributed by atoms with Crippen molar-refractivity contribution in [1.82, 2.24) is 10.2 Å². The second-order valence-electron chi connectivity index (χ2n) is 5.14. The van der Waals surface area contributed by atoms with Gasteiger partial charge in [0.05, 0.1) is 6.54 Å². The molecule has 1 amide bonds. The summed E-state index contributed by atoms with van der Waals surface area (Å²) in [4.78, 5) is 24.4. The van der Waals surface area contributed by atoms with E-state index in [1.54, 1.807) is 4.90 Å². The van der Waals surface area contributed by atoms with E-state index in [0.29, 0.717) is 19.1 Å². The fraction of sp³-hybridized carbons (Fsp3) is 0.846. The van der Waals surface area contributed by atoms with Gasteiger partial charge in [0, 0.05) is 25.6 Å². The molecule has 0 aromatic carbocycles. The molecular weight excluding hydrogens is 232 g/mol. The Morgan fingerprint density at radius 2 is 2.22 bits per heavy atom. The summed E-state index contributed by atoms with van der Waals surface area (Å²) in [7, 11) is 0. The van der Waals surface area contributed by atoms with Gasteiger partial charge in [-0.3, -0.25) is 9.59 Å². The molecule has 1 saturated heterocycles. The van der Waals surface area contributed by atoms with Crippen molar-refractivity contribution in [3.63, 3.8) is 0 Å². The predicted molar refractivity (Wildman–Crippen MR) is 69.3 cm³/mol. The molecule has 0 bridgehead atoms. The third-order valence-corrected chi connectivity index (χ3v) is 3.55. The Hall–Kier alpha value is -1.10. The number of carboxylic acid groups (broad SMARTS) is 1. The Morgan fingerprint density at radius 1 is 1.50 bits per heavy atom. The maximum atomic E-state index is 12.0. The first-order valence-electron chi connectivity index (χ1n) is 6.75. The minimum Gasteiger partial charge on any atom is -0.481 e. The van der Waals surface area contributed by atoms with E-state index >= 15 is 0 Å². The molecule has 1 aliphatic heterocycles. The van der Waals surface area contributed by atoms with Crippen molar-refractivity contribution in [2.24, 2.45) is 5.92 Å². The van der Waals surface area contributed by atoms with Crippen LogP contribution in [0.25, 0.3) is 0 Å². The van der Waals surface area contributed by atoms with Crippen molar-refractivity contribution in [2.75, 3.05) is 19.6 Å². The van der Waals surface area contributed by atoms with E-state index in [0.717, 1.165) is 25.8 Å². The first kappa shape index (κ1) is 15.0. The molecule has 0 spiro atoms. The first-order chi connectivity index (χ1) is 8.52. The van der Waals surface area contributed by atoms with Gasteiger partial charge in [0.25, 0.3) is 0 Å². The Bertz CT molecular complexity index is 294. The summed E-state index contributed by atoms with van der Waals surface area (Å²) in [6.07, 6.45) is 2.99. The molecule has 104 valence electrons. The number of carboxylic acids is 1. The fourth-order valence-corrected chi connectivity index (χ4v) is 2.22. The van der Waals surface area contributed by atoms with Gasteiger partial charge in [-0.25, -0.2) is 0 Å². The normalized spacial score (nSPS) is 21.7. The monoisotopic (exact) mass is 256 g/mol. The SMILES string of the molecule is CCC(C)NCC(=O)N1CCCC(CC(=O)O)C1. The number of hydrogen-bond acceptors (Lipinski definition) is 3. The minimum absolute atomic E-state index is 0.0883. The highest BCUT2D eigenvalue weighted by Crippen LogP contribution is 2.19. The van der Waals surface area contributed by atoms with Crippen LogP contribution in [-0.4, -0.2) is 47.6 Å².